The highest BCUT2D eigenvalue weighted by Crippen LogP contribution is 2.53. The monoisotopic (exact) mass is 372 g/mol. The number of carbonyl (C=O) groups is 3. The largest absolute Gasteiger partial charge is 0.322 e. The fraction of sp³-hybridized carbons (Fsp3) is 0.261. The van der Waals surface area contributed by atoms with Crippen LogP contribution >= 0.6 is 0 Å². The lowest BCUT2D eigenvalue weighted by atomic mass is 9.85. The van der Waals surface area contributed by atoms with Crippen LogP contribution in [0, 0.1) is 30.6 Å². The SMILES string of the molecule is Cc1ccc(NC(=O)c2ccc(N3C(=O)C4C5C=CC(C5)C4C3=O)cc2)cc1. The van der Waals surface area contributed by atoms with Crippen molar-refractivity contribution in [1.82, 2.24) is 0 Å². The van der Waals surface area contributed by atoms with Gasteiger partial charge in [0.2, 0.25) is 11.8 Å². The first-order chi connectivity index (χ1) is 13.5. The van der Waals surface area contributed by atoms with Crippen molar-refractivity contribution in [3.8, 4) is 0 Å². The summed E-state index contributed by atoms with van der Waals surface area (Å²) in [6.45, 7) is 1.99. The first-order valence-electron chi connectivity index (χ1n) is 9.57. The number of rotatable bonds is 3. The Morgan fingerprint density at radius 1 is 0.893 bits per heavy atom. The predicted molar refractivity (Wildman–Crippen MR) is 106 cm³/mol. The molecule has 2 aliphatic carbocycles. The molecule has 140 valence electrons. The van der Waals surface area contributed by atoms with Gasteiger partial charge in [-0.1, -0.05) is 29.8 Å². The molecule has 4 unspecified atom stereocenters. The number of amides is 3. The van der Waals surface area contributed by atoms with Crippen molar-refractivity contribution < 1.29 is 14.4 Å². The van der Waals surface area contributed by atoms with Gasteiger partial charge in [-0.05, 0) is 61.6 Å². The highest BCUT2D eigenvalue weighted by atomic mass is 16.2. The topological polar surface area (TPSA) is 66.5 Å². The third-order valence-electron chi connectivity index (χ3n) is 6.17. The molecular weight excluding hydrogens is 352 g/mol. The van der Waals surface area contributed by atoms with Gasteiger partial charge >= 0.3 is 0 Å². The van der Waals surface area contributed by atoms with E-state index in [9.17, 15) is 14.4 Å². The van der Waals surface area contributed by atoms with Crippen molar-refractivity contribution in [3.05, 3.63) is 71.8 Å². The molecule has 1 N–H and O–H groups in total. The summed E-state index contributed by atoms with van der Waals surface area (Å²) in [5.41, 5.74) is 2.86. The van der Waals surface area contributed by atoms with Crippen LogP contribution in [0.15, 0.2) is 60.7 Å². The number of benzene rings is 2. The number of hydrogen-bond donors (Lipinski definition) is 1. The number of hydrogen-bond acceptors (Lipinski definition) is 3. The zero-order valence-electron chi connectivity index (χ0n) is 15.5. The average molecular weight is 372 g/mol. The van der Waals surface area contributed by atoms with Crippen LogP contribution in [-0.4, -0.2) is 17.7 Å². The van der Waals surface area contributed by atoms with Crippen LogP contribution in [0.2, 0.25) is 0 Å². The summed E-state index contributed by atoms with van der Waals surface area (Å²) in [4.78, 5) is 39.5. The number of fused-ring (bicyclic) bond motifs is 5. The maximum absolute atomic E-state index is 12.9. The third-order valence-corrected chi connectivity index (χ3v) is 6.17. The molecule has 5 heteroatoms. The molecular formula is C23H20N2O3. The molecule has 2 aromatic carbocycles. The predicted octanol–water partition coefficient (Wildman–Crippen LogP) is 3.56. The van der Waals surface area contributed by atoms with Gasteiger partial charge in [0.15, 0.2) is 0 Å². The van der Waals surface area contributed by atoms with Crippen LogP contribution in [0.4, 0.5) is 11.4 Å². The smallest absolute Gasteiger partial charge is 0.255 e. The van der Waals surface area contributed by atoms with Gasteiger partial charge in [-0.3, -0.25) is 19.3 Å². The van der Waals surface area contributed by atoms with Gasteiger partial charge in [-0.25, -0.2) is 0 Å². The number of nitrogens with zero attached hydrogens (tertiary/aromatic N) is 1. The van der Waals surface area contributed by atoms with E-state index in [1.165, 1.54) is 4.90 Å². The van der Waals surface area contributed by atoms with Crippen LogP contribution in [0.25, 0.3) is 0 Å². The molecule has 3 amide bonds. The molecule has 2 aromatic rings. The van der Waals surface area contributed by atoms with E-state index in [2.05, 4.69) is 17.5 Å². The van der Waals surface area contributed by atoms with E-state index in [0.29, 0.717) is 11.3 Å². The minimum atomic E-state index is -0.228. The van der Waals surface area contributed by atoms with E-state index >= 15 is 0 Å². The summed E-state index contributed by atoms with van der Waals surface area (Å²) >= 11 is 0. The van der Waals surface area contributed by atoms with Gasteiger partial charge in [-0.2, -0.15) is 0 Å². The maximum atomic E-state index is 12.9. The molecule has 5 nitrogen and oxygen atoms in total. The van der Waals surface area contributed by atoms with Crippen molar-refractivity contribution in [3.63, 3.8) is 0 Å². The molecule has 1 saturated carbocycles. The lowest BCUT2D eigenvalue weighted by Gasteiger charge is -2.17. The number of carbonyl (C=O) groups excluding carboxylic acids is 3. The zero-order valence-corrected chi connectivity index (χ0v) is 15.5. The molecule has 28 heavy (non-hydrogen) atoms. The van der Waals surface area contributed by atoms with Gasteiger partial charge in [0.25, 0.3) is 5.91 Å². The lowest BCUT2D eigenvalue weighted by Crippen LogP contribution is -2.32. The van der Waals surface area contributed by atoms with E-state index in [1.807, 2.05) is 31.2 Å². The van der Waals surface area contributed by atoms with Crippen molar-refractivity contribution in [1.29, 1.82) is 0 Å². The van der Waals surface area contributed by atoms with Crippen LogP contribution < -0.4 is 10.2 Å². The summed E-state index contributed by atoms with van der Waals surface area (Å²) in [5.74, 6) is -0.493. The number of nitrogens with one attached hydrogen (secondary N) is 1. The highest BCUT2D eigenvalue weighted by molar-refractivity contribution is 6.23. The van der Waals surface area contributed by atoms with E-state index in [4.69, 9.17) is 0 Å². The molecule has 0 radical (unpaired) electrons. The molecule has 1 aliphatic heterocycles. The van der Waals surface area contributed by atoms with Crippen LogP contribution in [0.3, 0.4) is 0 Å². The minimum absolute atomic E-state index is 0.108. The van der Waals surface area contributed by atoms with Crippen molar-refractivity contribution in [2.75, 3.05) is 10.2 Å². The fourth-order valence-corrected chi connectivity index (χ4v) is 4.76. The fourth-order valence-electron chi connectivity index (χ4n) is 4.76. The van der Waals surface area contributed by atoms with Crippen LogP contribution in [0.1, 0.15) is 22.3 Å². The Hall–Kier alpha value is -3.21. The summed E-state index contributed by atoms with van der Waals surface area (Å²) < 4.78 is 0. The molecule has 0 spiro atoms. The Morgan fingerprint density at radius 2 is 1.46 bits per heavy atom. The maximum Gasteiger partial charge on any atom is 0.255 e. The van der Waals surface area contributed by atoms with Gasteiger partial charge in [0, 0.05) is 11.3 Å². The van der Waals surface area contributed by atoms with Crippen LogP contribution in [-0.2, 0) is 9.59 Å². The molecule has 1 saturated heterocycles. The van der Waals surface area contributed by atoms with Crippen molar-refractivity contribution >= 4 is 29.1 Å². The molecule has 4 atom stereocenters. The number of imide groups is 1. The third kappa shape index (κ3) is 2.50. The summed E-state index contributed by atoms with van der Waals surface area (Å²) in [7, 11) is 0. The minimum Gasteiger partial charge on any atom is -0.322 e. The Bertz CT molecular complexity index is 977. The van der Waals surface area contributed by atoms with Gasteiger partial charge in [-0.15, -0.1) is 0 Å². The van der Waals surface area contributed by atoms with Crippen molar-refractivity contribution in [2.24, 2.45) is 23.7 Å². The molecule has 3 aliphatic rings. The Morgan fingerprint density at radius 3 is 2.04 bits per heavy atom. The first-order valence-corrected chi connectivity index (χ1v) is 9.57. The summed E-state index contributed by atoms with van der Waals surface area (Å²) in [6.07, 6.45) is 5.08. The Balaban J connectivity index is 1.34. The molecule has 2 fully saturated rings. The normalized spacial score (nSPS) is 27.4. The average Bonchev–Trinajstić information content (AvgIpc) is 3.38. The number of anilines is 2. The number of allylic oxidation sites excluding steroid dienone is 2. The summed E-state index contributed by atoms with van der Waals surface area (Å²) in [5, 5.41) is 2.85. The molecule has 0 aromatic heterocycles. The zero-order chi connectivity index (χ0) is 19.4. The van der Waals surface area contributed by atoms with Gasteiger partial charge in [0.05, 0.1) is 17.5 Å². The number of aryl methyl sites for hydroxylation is 1. The standard InChI is InChI=1S/C23H20N2O3/c1-13-2-8-17(9-3-13)24-21(26)14-6-10-18(11-7-14)25-22(27)19-15-4-5-16(12-15)20(19)23(25)28/h2-11,15-16,19-20H,12H2,1H3,(H,24,26). The van der Waals surface area contributed by atoms with Gasteiger partial charge < -0.3 is 5.32 Å². The second-order valence-electron chi connectivity index (χ2n) is 7.88. The van der Waals surface area contributed by atoms with E-state index in [1.54, 1.807) is 24.3 Å². The van der Waals surface area contributed by atoms with Gasteiger partial charge in [0.1, 0.15) is 0 Å². The second-order valence-corrected chi connectivity index (χ2v) is 7.88. The first kappa shape index (κ1) is 16.9. The van der Waals surface area contributed by atoms with E-state index < -0.39 is 0 Å². The van der Waals surface area contributed by atoms with Crippen LogP contribution in [0.5, 0.6) is 0 Å². The highest BCUT2D eigenvalue weighted by Gasteiger charge is 2.59. The van der Waals surface area contributed by atoms with E-state index in [-0.39, 0.29) is 41.4 Å². The lowest BCUT2D eigenvalue weighted by molar-refractivity contribution is -0.123. The molecule has 1 heterocycles. The molecule has 5 rings (SSSR count). The molecule has 2 bridgehead atoms. The Labute approximate surface area is 163 Å². The van der Waals surface area contributed by atoms with E-state index in [0.717, 1.165) is 17.7 Å². The quantitative estimate of drug-likeness (QED) is 0.662. The second kappa shape index (κ2) is 6.16. The summed E-state index contributed by atoms with van der Waals surface area (Å²) in [6, 6.07) is 14.2. The van der Waals surface area contributed by atoms with Crippen molar-refractivity contribution in [2.45, 2.75) is 13.3 Å². The Kier molecular flexibility index (Phi) is 3.72.